The van der Waals surface area contributed by atoms with Gasteiger partial charge in [-0.15, -0.1) is 0 Å². The van der Waals surface area contributed by atoms with Gasteiger partial charge in [0.2, 0.25) is 0 Å². The Kier molecular flexibility index (Phi) is 6.67. The highest BCUT2D eigenvalue weighted by molar-refractivity contribution is 5.95. The fourth-order valence-corrected chi connectivity index (χ4v) is 5.31. The van der Waals surface area contributed by atoms with Crippen molar-refractivity contribution >= 4 is 11.1 Å². The molecule has 0 saturated carbocycles. The van der Waals surface area contributed by atoms with Crippen LogP contribution in [0.4, 0.5) is 0 Å². The minimum Gasteiger partial charge on any atom is -0.508 e. The number of nitrogens with zero attached hydrogens (tertiary/aromatic N) is 1. The lowest BCUT2D eigenvalue weighted by Gasteiger charge is -2.31. The van der Waals surface area contributed by atoms with Gasteiger partial charge in [0.1, 0.15) is 35.7 Å². The predicted octanol–water partition coefficient (Wildman–Crippen LogP) is 6.52. The summed E-state index contributed by atoms with van der Waals surface area (Å²) in [6.45, 7) is 11.8. The number of likely N-dealkylation sites (tertiary alicyclic amines) is 1. The van der Waals surface area contributed by atoms with Crippen LogP contribution in [0.15, 0.2) is 66.7 Å². The molecular formula is C31H35NO4. The summed E-state index contributed by atoms with van der Waals surface area (Å²) in [4.78, 5) is 2.52. The Morgan fingerprint density at radius 3 is 2.33 bits per heavy atom. The molecule has 1 saturated heterocycles. The van der Waals surface area contributed by atoms with Crippen LogP contribution in [0, 0.1) is 11.8 Å². The minimum absolute atomic E-state index is 0.194. The van der Waals surface area contributed by atoms with Gasteiger partial charge in [-0.2, -0.15) is 0 Å². The molecule has 5 heteroatoms. The van der Waals surface area contributed by atoms with E-state index in [1.165, 1.54) is 0 Å². The van der Waals surface area contributed by atoms with Crippen LogP contribution in [0.3, 0.4) is 0 Å². The minimum atomic E-state index is -0.357. The Balaban J connectivity index is 1.39. The Labute approximate surface area is 213 Å². The molecule has 1 unspecified atom stereocenters. The molecule has 0 amide bonds. The summed E-state index contributed by atoms with van der Waals surface area (Å²) in [5.41, 5.74) is 4.70. The second-order valence-electron chi connectivity index (χ2n) is 10.4. The fraction of sp³-hybridized carbons (Fsp3) is 0.355. The third-order valence-electron chi connectivity index (χ3n) is 7.75. The van der Waals surface area contributed by atoms with Crippen molar-refractivity contribution in [2.75, 3.05) is 19.7 Å². The van der Waals surface area contributed by atoms with Crippen molar-refractivity contribution in [3.8, 4) is 23.0 Å². The van der Waals surface area contributed by atoms with E-state index in [0.29, 0.717) is 12.6 Å². The second-order valence-corrected chi connectivity index (χ2v) is 10.4. The Hall–Kier alpha value is -3.44. The van der Waals surface area contributed by atoms with E-state index in [1.54, 1.807) is 30.3 Å². The average molecular weight is 486 g/mol. The first-order valence-electron chi connectivity index (χ1n) is 12.8. The van der Waals surface area contributed by atoms with E-state index in [9.17, 15) is 10.2 Å². The summed E-state index contributed by atoms with van der Waals surface area (Å²) in [5.74, 6) is 3.42. The van der Waals surface area contributed by atoms with Crippen LogP contribution in [-0.4, -0.2) is 40.9 Å². The zero-order chi connectivity index (χ0) is 25.4. The van der Waals surface area contributed by atoms with Crippen LogP contribution in [0.5, 0.6) is 23.0 Å². The quantitative estimate of drug-likeness (QED) is 0.416. The van der Waals surface area contributed by atoms with Gasteiger partial charge in [0.05, 0.1) is 0 Å². The van der Waals surface area contributed by atoms with Crippen LogP contribution in [0.2, 0.25) is 0 Å². The zero-order valence-electron chi connectivity index (χ0n) is 21.4. The van der Waals surface area contributed by atoms with Gasteiger partial charge in [0.15, 0.2) is 0 Å². The number of fused-ring (bicyclic) bond motifs is 1. The normalized spacial score (nSPS) is 22.7. The van der Waals surface area contributed by atoms with Gasteiger partial charge in [0.25, 0.3) is 0 Å². The van der Waals surface area contributed by atoms with E-state index in [0.717, 1.165) is 64.3 Å². The SMILES string of the molecule is CC1=C(c2cccc(O)c2)C(c2ccc(OC[C@H](C)N3C[C@H](C)[C@@H](C)C3)cc2)Oc2ccc(O)cc21. The lowest BCUT2D eigenvalue weighted by molar-refractivity contribution is 0.167. The predicted molar refractivity (Wildman–Crippen MR) is 143 cm³/mol. The van der Waals surface area contributed by atoms with Crippen molar-refractivity contribution in [2.24, 2.45) is 11.8 Å². The van der Waals surface area contributed by atoms with E-state index >= 15 is 0 Å². The average Bonchev–Trinajstić information content (AvgIpc) is 3.21. The highest BCUT2D eigenvalue weighted by Crippen LogP contribution is 2.47. The van der Waals surface area contributed by atoms with Gasteiger partial charge >= 0.3 is 0 Å². The van der Waals surface area contributed by atoms with Crippen molar-refractivity contribution in [3.63, 3.8) is 0 Å². The molecule has 2 N–H and O–H groups in total. The maximum absolute atomic E-state index is 10.2. The van der Waals surface area contributed by atoms with Crippen molar-refractivity contribution in [3.05, 3.63) is 83.4 Å². The van der Waals surface area contributed by atoms with Gasteiger partial charge < -0.3 is 19.7 Å². The largest absolute Gasteiger partial charge is 0.508 e. The Bertz CT molecular complexity index is 1260. The van der Waals surface area contributed by atoms with E-state index in [2.05, 4.69) is 25.7 Å². The number of ether oxygens (including phenoxy) is 2. The van der Waals surface area contributed by atoms with Crippen LogP contribution < -0.4 is 9.47 Å². The van der Waals surface area contributed by atoms with Gasteiger partial charge in [-0.25, -0.2) is 0 Å². The van der Waals surface area contributed by atoms with Gasteiger partial charge in [-0.05, 0) is 84.8 Å². The van der Waals surface area contributed by atoms with Crippen molar-refractivity contribution < 1.29 is 19.7 Å². The Morgan fingerprint density at radius 2 is 1.64 bits per heavy atom. The summed E-state index contributed by atoms with van der Waals surface area (Å²) >= 11 is 0. The monoisotopic (exact) mass is 485 g/mol. The molecule has 0 bridgehead atoms. The second kappa shape index (κ2) is 9.90. The third-order valence-corrected chi connectivity index (χ3v) is 7.75. The molecule has 2 heterocycles. The maximum atomic E-state index is 10.2. The summed E-state index contributed by atoms with van der Waals surface area (Å²) < 4.78 is 12.6. The molecule has 5 nitrogen and oxygen atoms in total. The van der Waals surface area contributed by atoms with E-state index in [-0.39, 0.29) is 17.6 Å². The van der Waals surface area contributed by atoms with Crippen molar-refractivity contribution in [1.82, 2.24) is 4.90 Å². The molecule has 0 spiro atoms. The fourth-order valence-electron chi connectivity index (χ4n) is 5.31. The molecular weight excluding hydrogens is 450 g/mol. The smallest absolute Gasteiger partial charge is 0.150 e. The van der Waals surface area contributed by atoms with Crippen molar-refractivity contribution in [1.29, 1.82) is 0 Å². The lowest BCUT2D eigenvalue weighted by Crippen LogP contribution is -2.35. The van der Waals surface area contributed by atoms with Crippen LogP contribution in [0.1, 0.15) is 50.5 Å². The lowest BCUT2D eigenvalue weighted by atomic mass is 9.86. The number of aromatic hydroxyl groups is 2. The number of hydrogen-bond donors (Lipinski definition) is 2. The molecule has 4 atom stereocenters. The topological polar surface area (TPSA) is 62.2 Å². The number of phenolic OH excluding ortho intramolecular Hbond substituents is 2. The van der Waals surface area contributed by atoms with Crippen LogP contribution >= 0.6 is 0 Å². The summed E-state index contributed by atoms with van der Waals surface area (Å²) in [5, 5.41) is 20.2. The number of allylic oxidation sites excluding steroid dienone is 1. The van der Waals surface area contributed by atoms with E-state index in [4.69, 9.17) is 9.47 Å². The van der Waals surface area contributed by atoms with Crippen molar-refractivity contribution in [2.45, 2.75) is 39.8 Å². The first-order chi connectivity index (χ1) is 17.3. The number of benzene rings is 3. The molecule has 0 aliphatic carbocycles. The molecule has 188 valence electrons. The number of rotatable bonds is 6. The molecule has 3 aromatic carbocycles. The first kappa shape index (κ1) is 24.3. The van der Waals surface area contributed by atoms with Crippen LogP contribution in [0.25, 0.3) is 11.1 Å². The van der Waals surface area contributed by atoms with E-state index in [1.807, 2.05) is 43.3 Å². The van der Waals surface area contributed by atoms with E-state index < -0.39 is 0 Å². The standard InChI is InChI=1S/C31H35NO4/c1-19-16-32(17-20(19)2)21(3)18-35-27-11-8-23(9-12-27)31-30(24-6-5-7-25(33)14-24)22(4)28-15-26(34)10-13-29(28)36-31/h5-15,19-21,31,33-34H,16-18H2,1-4H3/t19-,20-,21-,31?/m0/s1. The molecule has 2 aliphatic rings. The summed E-state index contributed by atoms with van der Waals surface area (Å²) in [7, 11) is 0. The highest BCUT2D eigenvalue weighted by atomic mass is 16.5. The van der Waals surface area contributed by atoms with Gasteiger partial charge in [-0.3, -0.25) is 4.90 Å². The summed E-state index contributed by atoms with van der Waals surface area (Å²) in [6.07, 6.45) is -0.357. The van der Waals surface area contributed by atoms with Gasteiger partial charge in [-0.1, -0.05) is 38.1 Å². The molecule has 2 aliphatic heterocycles. The molecule has 0 aromatic heterocycles. The molecule has 1 fully saturated rings. The summed E-state index contributed by atoms with van der Waals surface area (Å²) in [6, 6.07) is 20.9. The molecule has 5 rings (SSSR count). The molecule has 36 heavy (non-hydrogen) atoms. The Morgan fingerprint density at radius 1 is 0.944 bits per heavy atom. The maximum Gasteiger partial charge on any atom is 0.150 e. The third kappa shape index (κ3) is 4.80. The first-order valence-corrected chi connectivity index (χ1v) is 12.8. The van der Waals surface area contributed by atoms with Gasteiger partial charge in [0, 0.05) is 30.3 Å². The highest BCUT2D eigenvalue weighted by Gasteiger charge is 2.31. The number of phenols is 2. The van der Waals surface area contributed by atoms with Crippen LogP contribution in [-0.2, 0) is 0 Å². The zero-order valence-corrected chi connectivity index (χ0v) is 21.4. The molecule has 3 aromatic rings. The number of hydrogen-bond acceptors (Lipinski definition) is 5. The molecule has 0 radical (unpaired) electrons.